The van der Waals surface area contributed by atoms with Crippen LogP contribution in [0.25, 0.3) is 0 Å². The van der Waals surface area contributed by atoms with Gasteiger partial charge in [-0.05, 0) is 63.0 Å². The minimum atomic E-state index is -1.18. The number of esters is 2. The molecule has 0 aromatic heterocycles. The second kappa shape index (κ2) is 11.5. The maximum atomic E-state index is 13.7. The SMILES string of the molecule is CCCCCC(C(=O)Oc1ccccc1)(C(=O)OC1CCCCC1)C1CCCCC1. The van der Waals surface area contributed by atoms with Crippen LogP contribution in [-0.4, -0.2) is 18.0 Å². The highest BCUT2D eigenvalue weighted by molar-refractivity contribution is 6.01. The topological polar surface area (TPSA) is 52.6 Å². The lowest BCUT2D eigenvalue weighted by atomic mass is 9.66. The van der Waals surface area contributed by atoms with Crippen molar-refractivity contribution in [2.45, 2.75) is 103 Å². The lowest BCUT2D eigenvalue weighted by Gasteiger charge is -2.39. The number of para-hydroxylation sites is 1. The van der Waals surface area contributed by atoms with Crippen molar-refractivity contribution < 1.29 is 19.1 Å². The lowest BCUT2D eigenvalue weighted by Crippen LogP contribution is -2.50. The number of rotatable bonds is 9. The highest BCUT2D eigenvalue weighted by Crippen LogP contribution is 2.45. The van der Waals surface area contributed by atoms with E-state index in [4.69, 9.17) is 9.47 Å². The first-order chi connectivity index (χ1) is 14.7. The van der Waals surface area contributed by atoms with Crippen molar-refractivity contribution in [3.05, 3.63) is 30.3 Å². The van der Waals surface area contributed by atoms with Gasteiger partial charge in [-0.2, -0.15) is 0 Å². The van der Waals surface area contributed by atoms with E-state index in [1.807, 2.05) is 18.2 Å². The summed E-state index contributed by atoms with van der Waals surface area (Å²) in [5.41, 5.74) is -1.18. The Balaban J connectivity index is 1.89. The van der Waals surface area contributed by atoms with Gasteiger partial charge in [0.2, 0.25) is 0 Å². The Morgan fingerprint density at radius 2 is 1.50 bits per heavy atom. The van der Waals surface area contributed by atoms with Crippen molar-refractivity contribution >= 4 is 11.9 Å². The van der Waals surface area contributed by atoms with Crippen molar-refractivity contribution in [3.8, 4) is 5.75 Å². The summed E-state index contributed by atoms with van der Waals surface area (Å²) in [6.45, 7) is 2.14. The molecule has 0 heterocycles. The molecule has 0 saturated heterocycles. The fourth-order valence-corrected chi connectivity index (χ4v) is 5.20. The molecule has 1 aromatic carbocycles. The van der Waals surface area contributed by atoms with Crippen molar-refractivity contribution in [2.75, 3.05) is 0 Å². The summed E-state index contributed by atoms with van der Waals surface area (Å²) in [5.74, 6) is -0.213. The van der Waals surface area contributed by atoms with E-state index in [2.05, 4.69) is 6.92 Å². The van der Waals surface area contributed by atoms with Crippen LogP contribution in [0.5, 0.6) is 5.75 Å². The summed E-state index contributed by atoms with van der Waals surface area (Å²) in [6, 6.07) is 9.15. The Hall–Kier alpha value is -1.84. The van der Waals surface area contributed by atoms with Gasteiger partial charge in [0.15, 0.2) is 5.41 Å². The van der Waals surface area contributed by atoms with Crippen LogP contribution >= 0.6 is 0 Å². The predicted octanol–water partition coefficient (Wildman–Crippen LogP) is 6.61. The number of hydrogen-bond donors (Lipinski definition) is 0. The maximum absolute atomic E-state index is 13.7. The Morgan fingerprint density at radius 3 is 2.13 bits per heavy atom. The fourth-order valence-electron chi connectivity index (χ4n) is 5.20. The monoisotopic (exact) mass is 414 g/mol. The molecule has 2 aliphatic rings. The average Bonchev–Trinajstić information content (AvgIpc) is 2.78. The molecule has 2 saturated carbocycles. The number of hydrogen-bond acceptors (Lipinski definition) is 4. The molecule has 0 N–H and O–H groups in total. The van der Waals surface area contributed by atoms with E-state index in [9.17, 15) is 9.59 Å². The first-order valence-electron chi connectivity index (χ1n) is 12.1. The molecule has 2 aliphatic carbocycles. The number of carbonyl (C=O) groups excluding carboxylic acids is 2. The van der Waals surface area contributed by atoms with Crippen LogP contribution in [0.15, 0.2) is 30.3 Å². The second-order valence-corrected chi connectivity index (χ2v) is 9.13. The molecule has 0 radical (unpaired) electrons. The zero-order valence-corrected chi connectivity index (χ0v) is 18.6. The van der Waals surface area contributed by atoms with E-state index in [0.717, 1.165) is 70.6 Å². The van der Waals surface area contributed by atoms with Crippen LogP contribution in [0.1, 0.15) is 96.8 Å². The minimum absolute atomic E-state index is 0.00964. The summed E-state index contributed by atoms with van der Waals surface area (Å²) in [6.07, 6.45) is 13.7. The van der Waals surface area contributed by atoms with Gasteiger partial charge in [0, 0.05) is 0 Å². The maximum Gasteiger partial charge on any atom is 0.329 e. The molecule has 4 nitrogen and oxygen atoms in total. The van der Waals surface area contributed by atoms with Crippen LogP contribution in [0.2, 0.25) is 0 Å². The van der Waals surface area contributed by atoms with Gasteiger partial charge in [0.1, 0.15) is 11.9 Å². The fraction of sp³-hybridized carbons (Fsp3) is 0.692. The normalized spacial score (nSPS) is 20.3. The van der Waals surface area contributed by atoms with E-state index < -0.39 is 11.4 Å². The third kappa shape index (κ3) is 5.65. The Morgan fingerprint density at radius 1 is 0.867 bits per heavy atom. The molecule has 4 heteroatoms. The second-order valence-electron chi connectivity index (χ2n) is 9.13. The third-order valence-corrected chi connectivity index (χ3v) is 6.98. The summed E-state index contributed by atoms with van der Waals surface area (Å²) in [7, 11) is 0. The molecule has 166 valence electrons. The number of ether oxygens (including phenoxy) is 2. The van der Waals surface area contributed by atoms with Gasteiger partial charge in [0.25, 0.3) is 0 Å². The largest absolute Gasteiger partial charge is 0.462 e. The Bertz CT molecular complexity index is 659. The summed E-state index contributed by atoms with van der Waals surface area (Å²) < 4.78 is 11.9. The number of carbonyl (C=O) groups is 2. The van der Waals surface area contributed by atoms with Crippen molar-refractivity contribution in [1.82, 2.24) is 0 Å². The molecular formula is C26H38O4. The van der Waals surface area contributed by atoms with Crippen molar-refractivity contribution in [2.24, 2.45) is 11.3 Å². The van der Waals surface area contributed by atoms with Crippen LogP contribution in [0, 0.1) is 11.3 Å². The average molecular weight is 415 g/mol. The highest BCUT2D eigenvalue weighted by atomic mass is 16.6. The van der Waals surface area contributed by atoms with Gasteiger partial charge < -0.3 is 9.47 Å². The first kappa shape index (κ1) is 22.8. The number of benzene rings is 1. The van der Waals surface area contributed by atoms with Gasteiger partial charge in [-0.25, -0.2) is 0 Å². The van der Waals surface area contributed by atoms with Gasteiger partial charge in [-0.15, -0.1) is 0 Å². The quantitative estimate of drug-likeness (QED) is 0.197. The molecule has 0 aliphatic heterocycles. The molecule has 2 fully saturated rings. The summed E-state index contributed by atoms with van der Waals surface area (Å²) in [5, 5.41) is 0. The molecule has 30 heavy (non-hydrogen) atoms. The van der Waals surface area contributed by atoms with Gasteiger partial charge in [-0.1, -0.05) is 70.1 Å². The molecule has 0 bridgehead atoms. The zero-order chi connectivity index (χ0) is 21.2. The molecule has 1 aromatic rings. The first-order valence-corrected chi connectivity index (χ1v) is 12.1. The van der Waals surface area contributed by atoms with Crippen LogP contribution < -0.4 is 4.74 Å². The van der Waals surface area contributed by atoms with Gasteiger partial charge in [0.05, 0.1) is 0 Å². The predicted molar refractivity (Wildman–Crippen MR) is 118 cm³/mol. The minimum Gasteiger partial charge on any atom is -0.462 e. The van der Waals surface area contributed by atoms with E-state index >= 15 is 0 Å². The van der Waals surface area contributed by atoms with Crippen LogP contribution in [0.4, 0.5) is 0 Å². The molecule has 0 amide bonds. The smallest absolute Gasteiger partial charge is 0.329 e. The van der Waals surface area contributed by atoms with Gasteiger partial charge in [-0.3, -0.25) is 9.59 Å². The lowest BCUT2D eigenvalue weighted by molar-refractivity contribution is -0.179. The van der Waals surface area contributed by atoms with Gasteiger partial charge >= 0.3 is 11.9 Å². The third-order valence-electron chi connectivity index (χ3n) is 6.98. The van der Waals surface area contributed by atoms with E-state index in [0.29, 0.717) is 12.2 Å². The highest BCUT2D eigenvalue weighted by Gasteiger charge is 2.55. The van der Waals surface area contributed by atoms with Crippen molar-refractivity contribution in [3.63, 3.8) is 0 Å². The van der Waals surface area contributed by atoms with E-state index in [1.165, 1.54) is 12.8 Å². The molecule has 3 rings (SSSR count). The molecule has 0 spiro atoms. The van der Waals surface area contributed by atoms with Crippen LogP contribution in [0.3, 0.4) is 0 Å². The number of unbranched alkanes of at least 4 members (excludes halogenated alkanes) is 2. The summed E-state index contributed by atoms with van der Waals surface area (Å²) >= 11 is 0. The standard InChI is InChI=1S/C26H38O4/c1-2-3-13-20-26(21-14-7-4-8-15-21,24(27)29-22-16-9-5-10-17-22)25(28)30-23-18-11-6-12-19-23/h5,9-10,16-17,21,23H,2-4,6-8,11-15,18-20H2,1H3. The van der Waals surface area contributed by atoms with Crippen molar-refractivity contribution in [1.29, 1.82) is 0 Å². The zero-order valence-electron chi connectivity index (χ0n) is 18.6. The Labute approximate surface area is 181 Å². The molecular weight excluding hydrogens is 376 g/mol. The molecule has 1 atom stereocenters. The van der Waals surface area contributed by atoms with E-state index in [-0.39, 0.29) is 18.0 Å². The summed E-state index contributed by atoms with van der Waals surface area (Å²) in [4.78, 5) is 27.4. The van der Waals surface area contributed by atoms with E-state index in [1.54, 1.807) is 12.1 Å². The van der Waals surface area contributed by atoms with Crippen LogP contribution in [-0.2, 0) is 14.3 Å². The molecule has 1 unspecified atom stereocenters. The Kier molecular flexibility index (Phi) is 8.77.